The number of carbonyl (C=O) groups is 1. The van der Waals surface area contributed by atoms with Gasteiger partial charge in [-0.3, -0.25) is 4.79 Å². The first-order valence-electron chi connectivity index (χ1n) is 7.59. The number of rotatable bonds is 6. The summed E-state index contributed by atoms with van der Waals surface area (Å²) in [7, 11) is 0. The zero-order valence-corrected chi connectivity index (χ0v) is 13.6. The van der Waals surface area contributed by atoms with Crippen molar-refractivity contribution in [3.8, 4) is 0 Å². The number of hydrogen-bond acceptors (Lipinski definition) is 4. The van der Waals surface area contributed by atoms with Crippen LogP contribution in [0.15, 0.2) is 30.3 Å². The minimum atomic E-state index is -0.293. The third-order valence-electron chi connectivity index (χ3n) is 3.14. The van der Waals surface area contributed by atoms with Crippen LogP contribution in [0.25, 0.3) is 0 Å². The lowest BCUT2D eigenvalue weighted by atomic mass is 10.1. The lowest BCUT2D eigenvalue weighted by molar-refractivity contribution is 0.0949. The summed E-state index contributed by atoms with van der Waals surface area (Å²) in [5, 5.41) is 5.84. The molecule has 1 amide bonds. The SMILES string of the molecule is Cc1cc(C(=O)NCCc2ccccc2F)nc(NC(C)C)n1. The number of anilines is 1. The van der Waals surface area contributed by atoms with E-state index in [0.29, 0.717) is 35.9 Å². The predicted octanol–water partition coefficient (Wildman–Crippen LogP) is 2.72. The van der Waals surface area contributed by atoms with E-state index in [4.69, 9.17) is 0 Å². The normalized spacial score (nSPS) is 10.7. The third kappa shape index (κ3) is 5.02. The minimum absolute atomic E-state index is 0.175. The van der Waals surface area contributed by atoms with Crippen molar-refractivity contribution in [2.45, 2.75) is 33.2 Å². The smallest absolute Gasteiger partial charge is 0.270 e. The maximum atomic E-state index is 13.5. The van der Waals surface area contributed by atoms with Crippen LogP contribution in [0.4, 0.5) is 10.3 Å². The van der Waals surface area contributed by atoms with Crippen LogP contribution < -0.4 is 10.6 Å². The Morgan fingerprint density at radius 2 is 2.00 bits per heavy atom. The van der Waals surface area contributed by atoms with Gasteiger partial charge in [0, 0.05) is 18.3 Å². The lowest BCUT2D eigenvalue weighted by Crippen LogP contribution is -2.27. The van der Waals surface area contributed by atoms with E-state index in [1.165, 1.54) is 6.07 Å². The summed E-state index contributed by atoms with van der Waals surface area (Å²) in [5.74, 6) is -0.124. The second kappa shape index (κ2) is 7.67. The van der Waals surface area contributed by atoms with Crippen molar-refractivity contribution in [1.82, 2.24) is 15.3 Å². The van der Waals surface area contributed by atoms with Gasteiger partial charge in [-0.1, -0.05) is 18.2 Å². The topological polar surface area (TPSA) is 66.9 Å². The van der Waals surface area contributed by atoms with Crippen LogP contribution in [0.2, 0.25) is 0 Å². The molecule has 0 saturated carbocycles. The zero-order chi connectivity index (χ0) is 16.8. The minimum Gasteiger partial charge on any atom is -0.352 e. The maximum absolute atomic E-state index is 13.5. The molecular weight excluding hydrogens is 295 g/mol. The summed E-state index contributed by atoms with van der Waals surface area (Å²) in [6.07, 6.45) is 0.430. The van der Waals surface area contributed by atoms with Crippen LogP contribution in [0.5, 0.6) is 0 Å². The molecule has 1 heterocycles. The van der Waals surface area contributed by atoms with Crippen LogP contribution in [0.3, 0.4) is 0 Å². The van der Waals surface area contributed by atoms with Crippen molar-refractivity contribution in [2.75, 3.05) is 11.9 Å². The summed E-state index contributed by atoms with van der Waals surface area (Å²) in [4.78, 5) is 20.6. The number of nitrogens with zero attached hydrogens (tertiary/aromatic N) is 2. The quantitative estimate of drug-likeness (QED) is 0.860. The number of hydrogen-bond donors (Lipinski definition) is 2. The van der Waals surface area contributed by atoms with Gasteiger partial charge in [0.25, 0.3) is 5.91 Å². The van der Waals surface area contributed by atoms with Gasteiger partial charge in [-0.2, -0.15) is 0 Å². The van der Waals surface area contributed by atoms with E-state index in [9.17, 15) is 9.18 Å². The van der Waals surface area contributed by atoms with Gasteiger partial charge in [-0.15, -0.1) is 0 Å². The molecule has 0 unspecified atom stereocenters. The molecule has 0 saturated heterocycles. The molecular formula is C17H21FN4O. The fraction of sp³-hybridized carbons (Fsp3) is 0.353. The predicted molar refractivity (Wildman–Crippen MR) is 88.0 cm³/mol. The molecule has 1 aromatic heterocycles. The largest absolute Gasteiger partial charge is 0.352 e. The highest BCUT2D eigenvalue weighted by atomic mass is 19.1. The fourth-order valence-corrected chi connectivity index (χ4v) is 2.11. The van der Waals surface area contributed by atoms with Gasteiger partial charge in [0.1, 0.15) is 11.5 Å². The van der Waals surface area contributed by atoms with Gasteiger partial charge in [0.05, 0.1) is 0 Å². The summed E-state index contributed by atoms with van der Waals surface area (Å²) in [5.41, 5.74) is 1.59. The van der Waals surface area contributed by atoms with Crippen LogP contribution in [0, 0.1) is 12.7 Å². The van der Waals surface area contributed by atoms with Crippen molar-refractivity contribution in [1.29, 1.82) is 0 Å². The average Bonchev–Trinajstić information content (AvgIpc) is 2.47. The number of aryl methyl sites for hydroxylation is 1. The molecule has 0 fully saturated rings. The molecule has 0 aliphatic carbocycles. The van der Waals surface area contributed by atoms with Crippen molar-refractivity contribution in [3.05, 3.63) is 53.1 Å². The average molecular weight is 316 g/mol. The van der Waals surface area contributed by atoms with Gasteiger partial charge in [0.2, 0.25) is 5.95 Å². The number of carbonyl (C=O) groups excluding carboxylic acids is 1. The summed E-state index contributed by atoms with van der Waals surface area (Å²) < 4.78 is 13.5. The maximum Gasteiger partial charge on any atom is 0.270 e. The van der Waals surface area contributed by atoms with Gasteiger partial charge in [-0.25, -0.2) is 14.4 Å². The number of aromatic nitrogens is 2. The summed E-state index contributed by atoms with van der Waals surface area (Å²) in [6, 6.07) is 8.34. The van der Waals surface area contributed by atoms with E-state index >= 15 is 0 Å². The highest BCUT2D eigenvalue weighted by molar-refractivity contribution is 5.92. The van der Waals surface area contributed by atoms with E-state index in [-0.39, 0.29) is 17.8 Å². The van der Waals surface area contributed by atoms with Gasteiger partial charge in [-0.05, 0) is 44.9 Å². The van der Waals surface area contributed by atoms with E-state index in [1.807, 2.05) is 20.8 Å². The van der Waals surface area contributed by atoms with Crippen molar-refractivity contribution < 1.29 is 9.18 Å². The number of benzene rings is 1. The molecule has 0 aliphatic heterocycles. The van der Waals surface area contributed by atoms with Crippen molar-refractivity contribution >= 4 is 11.9 Å². The second-order valence-electron chi connectivity index (χ2n) is 5.61. The van der Waals surface area contributed by atoms with E-state index in [2.05, 4.69) is 20.6 Å². The molecule has 0 bridgehead atoms. The van der Waals surface area contributed by atoms with Crippen LogP contribution in [-0.4, -0.2) is 28.5 Å². The molecule has 2 aromatic rings. The van der Waals surface area contributed by atoms with Crippen LogP contribution in [-0.2, 0) is 6.42 Å². The zero-order valence-electron chi connectivity index (χ0n) is 13.6. The molecule has 1 aromatic carbocycles. The highest BCUT2D eigenvalue weighted by Gasteiger charge is 2.11. The molecule has 5 nitrogen and oxygen atoms in total. The fourth-order valence-electron chi connectivity index (χ4n) is 2.11. The molecule has 2 rings (SSSR count). The van der Waals surface area contributed by atoms with E-state index < -0.39 is 0 Å². The Hall–Kier alpha value is -2.50. The molecule has 0 aliphatic rings. The Kier molecular flexibility index (Phi) is 5.62. The first kappa shape index (κ1) is 16.9. The van der Waals surface area contributed by atoms with E-state index in [0.717, 1.165) is 0 Å². The van der Waals surface area contributed by atoms with Crippen molar-refractivity contribution in [2.24, 2.45) is 0 Å². The van der Waals surface area contributed by atoms with Crippen LogP contribution >= 0.6 is 0 Å². The number of halogens is 1. The first-order valence-corrected chi connectivity index (χ1v) is 7.59. The molecule has 0 atom stereocenters. The Morgan fingerprint density at radius 3 is 2.70 bits per heavy atom. The van der Waals surface area contributed by atoms with Crippen molar-refractivity contribution in [3.63, 3.8) is 0 Å². The third-order valence-corrected chi connectivity index (χ3v) is 3.14. The molecule has 122 valence electrons. The second-order valence-corrected chi connectivity index (χ2v) is 5.61. The monoisotopic (exact) mass is 316 g/mol. The number of amides is 1. The highest BCUT2D eigenvalue weighted by Crippen LogP contribution is 2.08. The molecule has 0 spiro atoms. The Morgan fingerprint density at radius 1 is 1.26 bits per heavy atom. The molecule has 0 radical (unpaired) electrons. The van der Waals surface area contributed by atoms with E-state index in [1.54, 1.807) is 24.3 Å². The summed E-state index contributed by atoms with van der Waals surface area (Å²) >= 11 is 0. The van der Waals surface area contributed by atoms with Gasteiger partial charge < -0.3 is 10.6 Å². The first-order chi connectivity index (χ1) is 11.0. The standard InChI is InChI=1S/C17H21FN4O/c1-11(2)20-17-21-12(3)10-15(22-17)16(23)19-9-8-13-6-4-5-7-14(13)18/h4-7,10-11H,8-9H2,1-3H3,(H,19,23)(H,20,21,22). The molecule has 2 N–H and O–H groups in total. The molecule has 6 heteroatoms. The Labute approximate surface area is 135 Å². The summed E-state index contributed by atoms with van der Waals surface area (Å²) in [6.45, 7) is 6.10. The number of nitrogens with one attached hydrogen (secondary N) is 2. The Bertz CT molecular complexity index is 688. The van der Waals surface area contributed by atoms with Gasteiger partial charge in [0.15, 0.2) is 0 Å². The van der Waals surface area contributed by atoms with Gasteiger partial charge >= 0.3 is 0 Å². The molecule has 23 heavy (non-hydrogen) atoms. The lowest BCUT2D eigenvalue weighted by Gasteiger charge is -2.11. The van der Waals surface area contributed by atoms with Crippen LogP contribution in [0.1, 0.15) is 35.6 Å². The Balaban J connectivity index is 1.98.